The van der Waals surface area contributed by atoms with Crippen molar-refractivity contribution in [3.8, 4) is 17.6 Å². The summed E-state index contributed by atoms with van der Waals surface area (Å²) in [6.07, 6.45) is 0. The summed E-state index contributed by atoms with van der Waals surface area (Å²) in [5.41, 5.74) is -5.74. The predicted octanol–water partition coefficient (Wildman–Crippen LogP) is 5.75. The van der Waals surface area contributed by atoms with E-state index < -0.39 is 34.1 Å². The standard InChI is InChI=1S/C22H23F4N3O4SSi/c1-14-20-18(33-17-10-15(12-27)9-16(23)11-17)5-6-19(34(30,31)22(24,25)26)21(20)29(28-14)13-32-7-8-35(2,3)4/h5-6,9-11H,7-8,13H2,1-4H3. The van der Waals surface area contributed by atoms with Crippen molar-refractivity contribution in [2.24, 2.45) is 0 Å². The number of fused-ring (bicyclic) bond motifs is 1. The maximum atomic E-state index is 13.9. The molecule has 0 aliphatic heterocycles. The van der Waals surface area contributed by atoms with Crippen molar-refractivity contribution in [3.63, 3.8) is 0 Å². The highest BCUT2D eigenvalue weighted by Gasteiger charge is 2.48. The van der Waals surface area contributed by atoms with E-state index in [0.717, 1.165) is 35.0 Å². The van der Waals surface area contributed by atoms with Crippen LogP contribution in [0.1, 0.15) is 11.3 Å². The van der Waals surface area contributed by atoms with Crippen LogP contribution in [0, 0.1) is 24.1 Å². The Bertz CT molecular complexity index is 1410. The second-order valence-corrected chi connectivity index (χ2v) is 16.6. The summed E-state index contributed by atoms with van der Waals surface area (Å²) in [4.78, 5) is -1.00. The van der Waals surface area contributed by atoms with Gasteiger partial charge in [0.2, 0.25) is 0 Å². The normalized spacial score (nSPS) is 12.7. The molecule has 35 heavy (non-hydrogen) atoms. The number of nitriles is 1. The number of aromatic nitrogens is 2. The minimum Gasteiger partial charge on any atom is -0.456 e. The molecule has 1 aromatic heterocycles. The molecule has 0 saturated heterocycles. The van der Waals surface area contributed by atoms with Gasteiger partial charge in [-0.2, -0.15) is 23.5 Å². The van der Waals surface area contributed by atoms with Crippen LogP contribution in [0.25, 0.3) is 10.9 Å². The summed E-state index contributed by atoms with van der Waals surface area (Å²) in [6, 6.07) is 7.60. The van der Waals surface area contributed by atoms with Crippen molar-refractivity contribution in [2.75, 3.05) is 6.61 Å². The monoisotopic (exact) mass is 529 g/mol. The van der Waals surface area contributed by atoms with Crippen molar-refractivity contribution < 1.29 is 35.5 Å². The molecule has 13 heteroatoms. The molecule has 0 aliphatic rings. The van der Waals surface area contributed by atoms with Crippen LogP contribution in [-0.2, 0) is 21.3 Å². The van der Waals surface area contributed by atoms with Gasteiger partial charge in [-0.1, -0.05) is 19.6 Å². The molecule has 0 saturated carbocycles. The van der Waals surface area contributed by atoms with Crippen LogP contribution in [0.3, 0.4) is 0 Å². The topological polar surface area (TPSA) is 94.2 Å². The predicted molar refractivity (Wildman–Crippen MR) is 123 cm³/mol. The summed E-state index contributed by atoms with van der Waals surface area (Å²) >= 11 is 0. The first kappa shape index (κ1) is 26.6. The molecule has 0 bridgehead atoms. The van der Waals surface area contributed by atoms with Gasteiger partial charge in [-0.05, 0) is 37.2 Å². The number of alkyl halides is 3. The van der Waals surface area contributed by atoms with E-state index in [-0.39, 0.29) is 40.4 Å². The molecule has 3 rings (SSSR count). The van der Waals surface area contributed by atoms with E-state index in [1.165, 1.54) is 13.0 Å². The molecular weight excluding hydrogens is 506 g/mol. The number of hydrogen-bond acceptors (Lipinski definition) is 6. The highest BCUT2D eigenvalue weighted by atomic mass is 32.2. The lowest BCUT2D eigenvalue weighted by Gasteiger charge is -2.16. The lowest BCUT2D eigenvalue weighted by atomic mass is 10.2. The molecule has 0 radical (unpaired) electrons. The van der Waals surface area contributed by atoms with Crippen molar-refractivity contribution in [3.05, 3.63) is 47.4 Å². The van der Waals surface area contributed by atoms with Gasteiger partial charge in [-0.15, -0.1) is 0 Å². The van der Waals surface area contributed by atoms with E-state index in [1.807, 2.05) is 0 Å². The Balaban J connectivity index is 2.15. The quantitative estimate of drug-likeness (QED) is 0.209. The van der Waals surface area contributed by atoms with Gasteiger partial charge in [-0.25, -0.2) is 17.5 Å². The molecule has 7 nitrogen and oxygen atoms in total. The maximum absolute atomic E-state index is 13.9. The van der Waals surface area contributed by atoms with Crippen molar-refractivity contribution >= 4 is 28.8 Å². The van der Waals surface area contributed by atoms with Crippen molar-refractivity contribution in [1.82, 2.24) is 9.78 Å². The largest absolute Gasteiger partial charge is 0.501 e. The molecule has 3 aromatic rings. The van der Waals surface area contributed by atoms with Gasteiger partial charge in [0.1, 0.15) is 28.9 Å². The van der Waals surface area contributed by atoms with Crippen molar-refractivity contribution in [2.45, 2.75) is 49.7 Å². The van der Waals surface area contributed by atoms with Gasteiger partial charge >= 0.3 is 5.51 Å². The highest BCUT2D eigenvalue weighted by Crippen LogP contribution is 2.40. The summed E-state index contributed by atoms with van der Waals surface area (Å²) in [5, 5.41) is 13.2. The van der Waals surface area contributed by atoms with Crippen molar-refractivity contribution in [1.29, 1.82) is 5.26 Å². The number of rotatable bonds is 8. The van der Waals surface area contributed by atoms with Crippen LogP contribution < -0.4 is 4.74 Å². The van der Waals surface area contributed by atoms with E-state index >= 15 is 0 Å². The van der Waals surface area contributed by atoms with Crippen LogP contribution in [0.2, 0.25) is 25.7 Å². The Labute approximate surface area is 200 Å². The average molecular weight is 530 g/mol. The van der Waals surface area contributed by atoms with Crippen LogP contribution in [-0.4, -0.2) is 38.4 Å². The third kappa shape index (κ3) is 5.83. The lowest BCUT2D eigenvalue weighted by Crippen LogP contribution is -2.24. The minimum absolute atomic E-state index is 0.00751. The molecular formula is C22H23F4N3O4SSi. The summed E-state index contributed by atoms with van der Waals surface area (Å²) in [6.45, 7) is 7.91. The van der Waals surface area contributed by atoms with Crippen LogP contribution in [0.15, 0.2) is 35.2 Å². The van der Waals surface area contributed by atoms with Gasteiger partial charge in [0, 0.05) is 20.7 Å². The highest BCUT2D eigenvalue weighted by molar-refractivity contribution is 7.92. The van der Waals surface area contributed by atoms with E-state index in [9.17, 15) is 26.0 Å². The molecule has 0 spiro atoms. The van der Waals surface area contributed by atoms with Crippen LogP contribution >= 0.6 is 0 Å². The fourth-order valence-corrected chi connectivity index (χ4v) is 5.02. The number of halogens is 4. The fourth-order valence-electron chi connectivity index (χ4n) is 3.30. The Kier molecular flexibility index (Phi) is 7.31. The van der Waals surface area contributed by atoms with Gasteiger partial charge < -0.3 is 9.47 Å². The Hall–Kier alpha value is -2.95. The van der Waals surface area contributed by atoms with E-state index in [2.05, 4.69) is 24.7 Å². The number of aryl methyl sites for hydroxylation is 1. The second kappa shape index (κ2) is 9.60. The maximum Gasteiger partial charge on any atom is 0.501 e. The first-order valence-electron chi connectivity index (χ1n) is 10.4. The number of sulfone groups is 1. The Morgan fingerprint density at radius 3 is 2.46 bits per heavy atom. The number of nitrogens with zero attached hydrogens (tertiary/aromatic N) is 3. The lowest BCUT2D eigenvalue weighted by molar-refractivity contribution is -0.0435. The molecule has 0 amide bonds. The molecule has 0 atom stereocenters. The van der Waals surface area contributed by atoms with E-state index in [4.69, 9.17) is 14.7 Å². The molecule has 0 fully saturated rings. The van der Waals surface area contributed by atoms with E-state index in [0.29, 0.717) is 6.61 Å². The molecule has 0 aliphatic carbocycles. The molecule has 188 valence electrons. The Morgan fingerprint density at radius 2 is 1.86 bits per heavy atom. The number of hydrogen-bond donors (Lipinski definition) is 0. The number of ether oxygens (including phenoxy) is 2. The SMILES string of the molecule is Cc1nn(COCC[Si](C)(C)C)c2c(S(=O)(=O)C(F)(F)F)ccc(Oc3cc(F)cc(C#N)c3)c12. The van der Waals surface area contributed by atoms with E-state index in [1.54, 1.807) is 6.07 Å². The zero-order chi connectivity index (χ0) is 26.2. The second-order valence-electron chi connectivity index (χ2n) is 9.06. The summed E-state index contributed by atoms with van der Waals surface area (Å²) in [5.74, 6) is -0.899. The zero-order valence-corrected chi connectivity index (χ0v) is 21.2. The zero-order valence-electron chi connectivity index (χ0n) is 19.4. The summed E-state index contributed by atoms with van der Waals surface area (Å²) < 4.78 is 91.3. The first-order chi connectivity index (χ1) is 16.1. The van der Waals surface area contributed by atoms with Gasteiger partial charge in [-0.3, -0.25) is 0 Å². The van der Waals surface area contributed by atoms with Crippen LogP contribution in [0.4, 0.5) is 17.6 Å². The first-order valence-corrected chi connectivity index (χ1v) is 15.6. The molecule has 0 N–H and O–H groups in total. The third-order valence-electron chi connectivity index (χ3n) is 5.03. The Morgan fingerprint density at radius 1 is 1.17 bits per heavy atom. The smallest absolute Gasteiger partial charge is 0.456 e. The van der Waals surface area contributed by atoms with Gasteiger partial charge in [0.15, 0.2) is 0 Å². The average Bonchev–Trinajstić information content (AvgIpc) is 3.06. The molecule has 1 heterocycles. The fraction of sp³-hybridized carbons (Fsp3) is 0.364. The molecule has 2 aromatic carbocycles. The van der Waals surface area contributed by atoms with Crippen LogP contribution in [0.5, 0.6) is 11.5 Å². The molecule has 0 unspecified atom stereocenters. The van der Waals surface area contributed by atoms with Gasteiger partial charge in [0.25, 0.3) is 9.84 Å². The summed E-state index contributed by atoms with van der Waals surface area (Å²) in [7, 11) is -7.19. The minimum atomic E-state index is -5.74. The third-order valence-corrected chi connectivity index (χ3v) is 8.25. The number of benzene rings is 2. The van der Waals surface area contributed by atoms with Gasteiger partial charge in [0.05, 0.1) is 28.2 Å².